The van der Waals surface area contributed by atoms with Crippen LogP contribution in [0.1, 0.15) is 23.9 Å². The fourth-order valence-electron chi connectivity index (χ4n) is 2.88. The third-order valence-corrected chi connectivity index (χ3v) is 5.28. The van der Waals surface area contributed by atoms with E-state index in [1.165, 1.54) is 11.8 Å². The summed E-state index contributed by atoms with van der Waals surface area (Å²) in [5, 5.41) is 23.2. The van der Waals surface area contributed by atoms with Gasteiger partial charge in [0.25, 0.3) is 0 Å². The number of hydrogen-bond acceptors (Lipinski definition) is 6. The zero-order valence-electron chi connectivity index (χ0n) is 14.7. The molecule has 2 aromatic rings. The quantitative estimate of drug-likeness (QED) is 0.741. The van der Waals surface area contributed by atoms with Gasteiger partial charge in [-0.15, -0.1) is 11.8 Å². The number of hydrogen-bond donors (Lipinski definition) is 2. The Morgan fingerprint density at radius 1 is 1.38 bits per heavy atom. The van der Waals surface area contributed by atoms with Gasteiger partial charge < -0.3 is 19.8 Å². The van der Waals surface area contributed by atoms with E-state index >= 15 is 0 Å². The fourth-order valence-corrected chi connectivity index (χ4v) is 3.73. The van der Waals surface area contributed by atoms with Crippen LogP contribution in [0.5, 0.6) is 5.75 Å². The Kier molecular flexibility index (Phi) is 6.18. The van der Waals surface area contributed by atoms with Gasteiger partial charge in [-0.25, -0.2) is 0 Å². The summed E-state index contributed by atoms with van der Waals surface area (Å²) >= 11 is 1.49. The van der Waals surface area contributed by atoms with E-state index in [9.17, 15) is 9.90 Å². The molecular weight excluding hydrogens is 354 g/mol. The van der Waals surface area contributed by atoms with Crippen molar-refractivity contribution in [2.24, 2.45) is 0 Å². The highest BCUT2D eigenvalue weighted by atomic mass is 32.2. The number of methoxy groups -OCH3 is 1. The Labute approximate surface area is 156 Å². The number of aliphatic hydroxyl groups is 2. The molecule has 1 unspecified atom stereocenters. The van der Waals surface area contributed by atoms with Gasteiger partial charge in [0.2, 0.25) is 5.91 Å². The molecule has 1 aromatic carbocycles. The number of rotatable bonds is 6. The van der Waals surface area contributed by atoms with Crippen LogP contribution in [0.15, 0.2) is 35.2 Å². The van der Waals surface area contributed by atoms with E-state index in [0.29, 0.717) is 31.1 Å². The molecule has 1 amide bonds. The van der Waals surface area contributed by atoms with Gasteiger partial charge in [-0.2, -0.15) is 5.10 Å². The number of carbonyl (C=O) groups excluding carboxylic acids is 1. The number of benzene rings is 1. The minimum absolute atomic E-state index is 0.0664. The summed E-state index contributed by atoms with van der Waals surface area (Å²) in [6.07, 6.45) is -0.180. The van der Waals surface area contributed by atoms with Crippen LogP contribution in [0.2, 0.25) is 0 Å². The van der Waals surface area contributed by atoms with Crippen LogP contribution in [0.25, 0.3) is 0 Å². The molecule has 7 nitrogen and oxygen atoms in total. The number of carbonyl (C=O) groups is 1. The third-order valence-electron chi connectivity index (χ3n) is 4.30. The molecule has 0 spiro atoms. The first-order valence-electron chi connectivity index (χ1n) is 8.51. The lowest BCUT2D eigenvalue weighted by Gasteiger charge is -2.19. The van der Waals surface area contributed by atoms with Crippen molar-refractivity contribution in [3.8, 4) is 5.75 Å². The van der Waals surface area contributed by atoms with Gasteiger partial charge in [-0.1, -0.05) is 6.07 Å². The van der Waals surface area contributed by atoms with Crippen molar-refractivity contribution in [1.82, 2.24) is 14.7 Å². The molecule has 1 aliphatic rings. The molecule has 2 heterocycles. The van der Waals surface area contributed by atoms with Gasteiger partial charge >= 0.3 is 0 Å². The number of ether oxygens (including phenoxy) is 1. The SMILES string of the molecule is COc1cccc(SCC(=O)N2CCCn3nc(C(O)CO)cc3C2)c1. The van der Waals surface area contributed by atoms with Gasteiger partial charge in [0.1, 0.15) is 11.9 Å². The number of thioether (sulfide) groups is 1. The molecule has 2 N–H and O–H groups in total. The maximum atomic E-state index is 12.6. The molecule has 0 radical (unpaired) electrons. The zero-order valence-corrected chi connectivity index (χ0v) is 15.5. The van der Waals surface area contributed by atoms with Crippen LogP contribution < -0.4 is 4.74 Å². The second-order valence-electron chi connectivity index (χ2n) is 6.12. The molecule has 140 valence electrons. The van der Waals surface area contributed by atoms with Crippen LogP contribution in [-0.2, 0) is 17.9 Å². The van der Waals surface area contributed by atoms with Gasteiger partial charge in [0.05, 0.1) is 37.4 Å². The maximum Gasteiger partial charge on any atom is 0.233 e. The lowest BCUT2D eigenvalue weighted by molar-refractivity contribution is -0.128. The van der Waals surface area contributed by atoms with Gasteiger partial charge in [-0.05, 0) is 30.7 Å². The molecule has 0 bridgehead atoms. The van der Waals surface area contributed by atoms with Crippen LogP contribution in [0.3, 0.4) is 0 Å². The summed E-state index contributed by atoms with van der Waals surface area (Å²) < 4.78 is 7.02. The monoisotopic (exact) mass is 377 g/mol. The zero-order chi connectivity index (χ0) is 18.5. The maximum absolute atomic E-state index is 12.6. The van der Waals surface area contributed by atoms with Crippen LogP contribution in [-0.4, -0.2) is 56.8 Å². The molecule has 0 fully saturated rings. The highest BCUT2D eigenvalue weighted by Crippen LogP contribution is 2.24. The van der Waals surface area contributed by atoms with E-state index in [2.05, 4.69) is 5.10 Å². The van der Waals surface area contributed by atoms with Gasteiger partial charge in [0, 0.05) is 18.0 Å². The first kappa shape index (κ1) is 18.8. The molecule has 0 aliphatic carbocycles. The number of nitrogens with zero attached hydrogens (tertiary/aromatic N) is 3. The average Bonchev–Trinajstić information content (AvgIpc) is 2.97. The third kappa shape index (κ3) is 4.38. The molecule has 1 aliphatic heterocycles. The Balaban J connectivity index is 1.63. The number of amides is 1. The number of aryl methyl sites for hydroxylation is 1. The standard InChI is InChI=1S/C18H23N3O4S/c1-25-14-4-2-5-15(9-14)26-12-18(24)20-6-3-7-21-13(10-20)8-16(19-21)17(23)11-22/h2,4-5,8-9,17,22-23H,3,6-7,10-12H2,1H3. The van der Waals surface area contributed by atoms with E-state index < -0.39 is 6.10 Å². The largest absolute Gasteiger partial charge is 0.497 e. The lowest BCUT2D eigenvalue weighted by Crippen LogP contribution is -2.32. The lowest BCUT2D eigenvalue weighted by atomic mass is 10.2. The Hall–Kier alpha value is -2.03. The first-order chi connectivity index (χ1) is 12.6. The highest BCUT2D eigenvalue weighted by molar-refractivity contribution is 8.00. The summed E-state index contributed by atoms with van der Waals surface area (Å²) in [6, 6.07) is 9.42. The van der Waals surface area contributed by atoms with Crippen molar-refractivity contribution in [1.29, 1.82) is 0 Å². The predicted octanol–water partition coefficient (Wildman–Crippen LogP) is 1.44. The van der Waals surface area contributed by atoms with E-state index in [1.807, 2.05) is 33.8 Å². The van der Waals surface area contributed by atoms with Crippen LogP contribution in [0, 0.1) is 0 Å². The van der Waals surface area contributed by atoms with Crippen molar-refractivity contribution >= 4 is 17.7 Å². The Bertz CT molecular complexity index is 765. The van der Waals surface area contributed by atoms with Crippen LogP contribution in [0.4, 0.5) is 0 Å². The smallest absolute Gasteiger partial charge is 0.233 e. The molecule has 1 aromatic heterocycles. The van der Waals surface area contributed by atoms with E-state index in [-0.39, 0.29) is 12.5 Å². The summed E-state index contributed by atoms with van der Waals surface area (Å²) in [5.41, 5.74) is 1.33. The van der Waals surface area contributed by atoms with E-state index in [1.54, 1.807) is 13.2 Å². The number of fused-ring (bicyclic) bond motifs is 1. The van der Waals surface area contributed by atoms with Crippen molar-refractivity contribution < 1.29 is 19.7 Å². The summed E-state index contributed by atoms with van der Waals surface area (Å²) in [4.78, 5) is 15.5. The van der Waals surface area contributed by atoms with Crippen molar-refractivity contribution in [2.45, 2.75) is 30.5 Å². The molecule has 26 heavy (non-hydrogen) atoms. The summed E-state index contributed by atoms with van der Waals surface area (Å²) in [5.74, 6) is 1.20. The average molecular weight is 377 g/mol. The topological polar surface area (TPSA) is 87.8 Å². The predicted molar refractivity (Wildman–Crippen MR) is 98.0 cm³/mol. The normalized spacial score (nSPS) is 15.3. The van der Waals surface area contributed by atoms with Crippen molar-refractivity contribution in [2.75, 3.05) is 26.0 Å². The van der Waals surface area contributed by atoms with Crippen LogP contribution >= 0.6 is 11.8 Å². The Morgan fingerprint density at radius 3 is 3.00 bits per heavy atom. The number of aliphatic hydroxyl groups excluding tert-OH is 2. The van der Waals surface area contributed by atoms with Gasteiger partial charge in [0.15, 0.2) is 0 Å². The molecule has 0 saturated carbocycles. The van der Waals surface area contributed by atoms with E-state index in [4.69, 9.17) is 9.84 Å². The molecule has 1 atom stereocenters. The van der Waals surface area contributed by atoms with Crippen molar-refractivity contribution in [3.63, 3.8) is 0 Å². The minimum atomic E-state index is -0.984. The summed E-state index contributed by atoms with van der Waals surface area (Å²) in [6.45, 7) is 1.47. The molecular formula is C18H23N3O4S. The molecule has 3 rings (SSSR count). The van der Waals surface area contributed by atoms with Crippen molar-refractivity contribution in [3.05, 3.63) is 41.7 Å². The molecule has 8 heteroatoms. The second kappa shape index (κ2) is 8.57. The fraction of sp³-hybridized carbons (Fsp3) is 0.444. The first-order valence-corrected chi connectivity index (χ1v) is 9.49. The second-order valence-corrected chi connectivity index (χ2v) is 7.17. The minimum Gasteiger partial charge on any atom is -0.497 e. The number of aromatic nitrogens is 2. The Morgan fingerprint density at radius 2 is 2.23 bits per heavy atom. The highest BCUT2D eigenvalue weighted by Gasteiger charge is 2.22. The summed E-state index contributed by atoms with van der Waals surface area (Å²) in [7, 11) is 1.62. The van der Waals surface area contributed by atoms with Gasteiger partial charge in [-0.3, -0.25) is 9.48 Å². The van der Waals surface area contributed by atoms with E-state index in [0.717, 1.165) is 22.8 Å². The molecule has 0 saturated heterocycles.